The Bertz CT molecular complexity index is 2410. The van der Waals surface area contributed by atoms with E-state index in [1.807, 2.05) is 36.4 Å². The molecule has 1 aromatic heterocycles. The maximum absolute atomic E-state index is 14.3. The van der Waals surface area contributed by atoms with Crippen LogP contribution in [0.3, 0.4) is 0 Å². The Balaban J connectivity index is 1.04. The molecule has 4 aliphatic rings. The predicted octanol–water partition coefficient (Wildman–Crippen LogP) is 5.00. The number of aliphatic hydroxyl groups is 3. The highest BCUT2D eigenvalue weighted by molar-refractivity contribution is 7.16. The van der Waals surface area contributed by atoms with E-state index >= 15 is 0 Å². The van der Waals surface area contributed by atoms with E-state index in [1.54, 1.807) is 46.2 Å². The molecule has 54 heavy (non-hydrogen) atoms. The molecular weight excluding hydrogens is 759 g/mol. The zero-order valence-electron chi connectivity index (χ0n) is 28.1. The lowest BCUT2D eigenvalue weighted by atomic mass is 9.95. The summed E-state index contributed by atoms with van der Waals surface area (Å²) in [4.78, 5) is 44.1. The fraction of sp³-hybridized carbons (Fsp3) is 0.308. The van der Waals surface area contributed by atoms with Crippen molar-refractivity contribution in [1.82, 2.24) is 0 Å². The number of carbonyl (C=O) groups excluding carboxylic acids is 2. The largest absolute Gasteiger partial charge is 0.507 e. The molecule has 5 aromatic rings. The zero-order valence-corrected chi connectivity index (χ0v) is 30.5. The molecule has 0 spiro atoms. The molecule has 1 saturated carbocycles. The van der Waals surface area contributed by atoms with Crippen molar-refractivity contribution < 1.29 is 49.4 Å². The van der Waals surface area contributed by atoms with Gasteiger partial charge in [-0.1, -0.05) is 48.5 Å². The van der Waals surface area contributed by atoms with Crippen LogP contribution in [0.4, 0.5) is 11.4 Å². The first-order valence-electron chi connectivity index (χ1n) is 17.3. The highest BCUT2D eigenvalue weighted by Gasteiger charge is 2.77. The smallest absolute Gasteiger partial charge is 0.336 e. The number of anilines is 2. The lowest BCUT2D eigenvalue weighted by molar-refractivity contribution is -0.240. The van der Waals surface area contributed by atoms with E-state index in [1.165, 1.54) is 0 Å². The summed E-state index contributed by atoms with van der Waals surface area (Å²) in [6, 6.07) is 21.1. The number of ether oxygens (including phenoxy) is 2. The van der Waals surface area contributed by atoms with Crippen LogP contribution in [0.5, 0.6) is 11.5 Å². The molecule has 8 atom stereocenters. The number of alkyl halides is 2. The molecule has 0 radical (unpaired) electrons. The molecule has 4 heterocycles. The number of aliphatic carboxylic acids is 1. The normalized spacial score (nSPS) is 28.2. The number of rotatable bonds is 7. The summed E-state index contributed by atoms with van der Waals surface area (Å²) in [6.07, 6.45) is -6.49. The SMILES string of the molecule is O=C(O)C1O[C@@H](Oc2cc3c(c4ccccc24)[C@H](CCl)CN3C(=O)c2ccc(C(=O)N3C[C@@H](CCl)c4c3cc(O)c3ccccc43)s2)[C@@H](O)[C@H]2C(O)C12O. The number of thiophene rings is 1. The van der Waals surface area contributed by atoms with E-state index in [0.717, 1.165) is 27.8 Å². The molecule has 0 bridgehead atoms. The topological polar surface area (TPSA) is 177 Å². The van der Waals surface area contributed by atoms with Crippen molar-refractivity contribution in [1.29, 1.82) is 0 Å². The summed E-state index contributed by atoms with van der Waals surface area (Å²) in [7, 11) is 0. The summed E-state index contributed by atoms with van der Waals surface area (Å²) < 4.78 is 11.7. The third-order valence-electron chi connectivity index (χ3n) is 11.2. The van der Waals surface area contributed by atoms with Crippen molar-refractivity contribution in [3.05, 3.63) is 93.7 Å². The highest BCUT2D eigenvalue weighted by atomic mass is 35.5. The monoisotopic (exact) mass is 790 g/mol. The number of phenolic OH excluding ortho intramolecular Hbond substituents is 1. The number of carboxylic acid groups (broad SMARTS) is 1. The molecule has 278 valence electrons. The van der Waals surface area contributed by atoms with Gasteiger partial charge in [-0.15, -0.1) is 34.5 Å². The summed E-state index contributed by atoms with van der Waals surface area (Å²) in [5, 5.41) is 55.4. The Hall–Kier alpha value is -4.47. The Morgan fingerprint density at radius 2 is 1.33 bits per heavy atom. The van der Waals surface area contributed by atoms with Crippen LogP contribution in [-0.4, -0.2) is 98.4 Å². The standard InChI is InChI=1S/C39H32Cl2N2O10S/c40-13-17-15-42(23-11-25(44)19-5-1-3-7-21(19)29(17)23)35(47)27-9-10-28(54-27)36(48)43-16-18(14-41)30-22-8-4-2-6-20(22)26(12-24(30)43)52-38-32(45)31-33(46)39(31,51)34(53-38)37(49)50/h1-12,17-18,31-34,38,44-46,51H,13-16H2,(H,49,50)/t17-,18-,31+,32+,33?,34?,38-,39?/m1/s1. The summed E-state index contributed by atoms with van der Waals surface area (Å²) >= 11 is 13.9. The first-order chi connectivity index (χ1) is 26.0. The second-order valence-electron chi connectivity index (χ2n) is 14.1. The molecule has 5 N–H and O–H groups in total. The van der Waals surface area contributed by atoms with Gasteiger partial charge in [-0.3, -0.25) is 9.59 Å². The number of aliphatic hydroxyl groups excluding tert-OH is 2. The predicted molar refractivity (Wildman–Crippen MR) is 202 cm³/mol. The van der Waals surface area contributed by atoms with Gasteiger partial charge in [0.25, 0.3) is 11.8 Å². The Kier molecular flexibility index (Phi) is 8.36. The van der Waals surface area contributed by atoms with Gasteiger partial charge < -0.3 is 44.8 Å². The van der Waals surface area contributed by atoms with Crippen molar-refractivity contribution in [2.75, 3.05) is 34.6 Å². The molecule has 1 aliphatic carbocycles. The quantitative estimate of drug-likeness (QED) is 0.141. The number of phenols is 1. The molecule has 3 unspecified atom stereocenters. The molecule has 12 nitrogen and oxygen atoms in total. The average molecular weight is 792 g/mol. The molecular formula is C39H32Cl2N2O10S. The number of hydrogen-bond acceptors (Lipinski definition) is 10. The van der Waals surface area contributed by atoms with E-state index in [-0.39, 0.29) is 53.5 Å². The lowest BCUT2D eigenvalue weighted by Crippen LogP contribution is -2.54. The Morgan fingerprint density at radius 3 is 1.89 bits per heavy atom. The number of benzene rings is 4. The fourth-order valence-corrected chi connectivity index (χ4v) is 9.98. The minimum Gasteiger partial charge on any atom is -0.507 e. The van der Waals surface area contributed by atoms with E-state index in [2.05, 4.69) is 0 Å². The van der Waals surface area contributed by atoms with E-state index in [9.17, 15) is 39.9 Å². The third-order valence-corrected chi connectivity index (χ3v) is 13.0. The van der Waals surface area contributed by atoms with Gasteiger partial charge in [0, 0.05) is 59.6 Å². The van der Waals surface area contributed by atoms with Gasteiger partial charge in [-0.2, -0.15) is 0 Å². The maximum atomic E-state index is 14.3. The summed E-state index contributed by atoms with van der Waals surface area (Å²) in [5.74, 6) is -3.19. The second-order valence-corrected chi connectivity index (χ2v) is 15.8. The van der Waals surface area contributed by atoms with Crippen LogP contribution in [0.15, 0.2) is 72.8 Å². The Labute approximate surface area is 321 Å². The number of halogens is 2. The molecule has 1 saturated heterocycles. The van der Waals surface area contributed by atoms with Crippen LogP contribution in [-0.2, 0) is 9.53 Å². The van der Waals surface area contributed by atoms with Crippen LogP contribution in [0.1, 0.15) is 42.3 Å². The van der Waals surface area contributed by atoms with Crippen molar-refractivity contribution in [3.63, 3.8) is 0 Å². The van der Waals surface area contributed by atoms with E-state index in [4.69, 9.17) is 32.7 Å². The molecule has 15 heteroatoms. The number of aromatic hydroxyl groups is 1. The number of amides is 2. The summed E-state index contributed by atoms with van der Waals surface area (Å²) in [5.41, 5.74) is 0.581. The van der Waals surface area contributed by atoms with Gasteiger partial charge in [-0.05, 0) is 34.0 Å². The lowest BCUT2D eigenvalue weighted by Gasteiger charge is -2.34. The van der Waals surface area contributed by atoms with Crippen LogP contribution in [0, 0.1) is 5.92 Å². The molecule has 2 fully saturated rings. The van der Waals surface area contributed by atoms with Gasteiger partial charge in [-0.25, -0.2) is 4.79 Å². The summed E-state index contributed by atoms with van der Waals surface area (Å²) in [6.45, 7) is 0.533. The van der Waals surface area contributed by atoms with E-state index in [0.29, 0.717) is 43.8 Å². The number of carbonyl (C=O) groups is 3. The molecule has 9 rings (SSSR count). The Morgan fingerprint density at radius 1 is 0.815 bits per heavy atom. The van der Waals surface area contributed by atoms with Gasteiger partial charge in [0.2, 0.25) is 6.29 Å². The first-order valence-corrected chi connectivity index (χ1v) is 19.2. The van der Waals surface area contributed by atoms with Crippen molar-refractivity contribution >= 4 is 85.2 Å². The fourth-order valence-electron chi connectivity index (χ4n) is 8.57. The maximum Gasteiger partial charge on any atom is 0.336 e. The second kappa shape index (κ2) is 12.8. The van der Waals surface area contributed by atoms with Gasteiger partial charge in [0.05, 0.1) is 33.2 Å². The first kappa shape index (κ1) is 35.2. The number of hydrogen-bond donors (Lipinski definition) is 5. The number of fused-ring (bicyclic) bond motifs is 7. The van der Waals surface area contributed by atoms with Gasteiger partial charge >= 0.3 is 5.97 Å². The number of carboxylic acids is 1. The van der Waals surface area contributed by atoms with Crippen LogP contribution < -0.4 is 14.5 Å². The highest BCUT2D eigenvalue weighted by Crippen LogP contribution is 2.55. The van der Waals surface area contributed by atoms with Crippen molar-refractivity contribution in [2.45, 2.75) is 42.0 Å². The van der Waals surface area contributed by atoms with Crippen LogP contribution in [0.2, 0.25) is 0 Å². The van der Waals surface area contributed by atoms with Crippen LogP contribution >= 0.6 is 34.5 Å². The van der Waals surface area contributed by atoms with Crippen molar-refractivity contribution in [3.8, 4) is 11.5 Å². The average Bonchev–Trinajstić information content (AvgIpc) is 3.65. The molecule has 3 aliphatic heterocycles. The van der Waals surface area contributed by atoms with Gasteiger partial charge in [0.15, 0.2) is 6.10 Å². The van der Waals surface area contributed by atoms with Gasteiger partial charge in [0.1, 0.15) is 23.2 Å². The molecule has 4 aromatic carbocycles. The van der Waals surface area contributed by atoms with E-state index < -0.39 is 42.1 Å². The zero-order chi connectivity index (χ0) is 37.8. The minimum atomic E-state index is -2.15. The van der Waals surface area contributed by atoms with Crippen molar-refractivity contribution in [2.24, 2.45) is 5.92 Å². The number of nitrogens with zero attached hydrogens (tertiary/aromatic N) is 2. The van der Waals surface area contributed by atoms with Crippen LogP contribution in [0.25, 0.3) is 21.5 Å². The molecule has 2 amide bonds. The third kappa shape index (κ3) is 5.07. The minimum absolute atomic E-state index is 0.0507.